The summed E-state index contributed by atoms with van der Waals surface area (Å²) in [5.41, 5.74) is 6.52. The SMILES string of the molecule is Cc1cc(N(C)C)ccc1-c1nc(CCOc2ccc3c(c2)CC[C@H]3CC(=O)O)c(C)o1. The summed E-state index contributed by atoms with van der Waals surface area (Å²) in [6.45, 7) is 4.51. The lowest BCUT2D eigenvalue weighted by Gasteiger charge is -2.14. The highest BCUT2D eigenvalue weighted by Crippen LogP contribution is 2.37. The molecule has 0 saturated carbocycles. The molecule has 1 N–H and O–H groups in total. The molecule has 4 rings (SSSR count). The van der Waals surface area contributed by atoms with Crippen LogP contribution in [0.1, 0.15) is 46.9 Å². The van der Waals surface area contributed by atoms with Gasteiger partial charge in [-0.15, -0.1) is 0 Å². The Bertz CT molecular complexity index is 1130. The fourth-order valence-electron chi connectivity index (χ4n) is 4.40. The van der Waals surface area contributed by atoms with E-state index in [9.17, 15) is 4.79 Å². The summed E-state index contributed by atoms with van der Waals surface area (Å²) < 4.78 is 11.9. The van der Waals surface area contributed by atoms with Crippen molar-refractivity contribution in [2.45, 2.75) is 45.4 Å². The van der Waals surface area contributed by atoms with Crippen molar-refractivity contribution in [2.75, 3.05) is 25.6 Å². The van der Waals surface area contributed by atoms with E-state index in [0.717, 1.165) is 52.4 Å². The van der Waals surface area contributed by atoms with E-state index >= 15 is 0 Å². The standard InChI is InChI=1S/C26H30N2O4/c1-16-13-20(28(3)4)7-9-22(16)26-27-24(17(2)32-26)11-12-31-21-8-10-23-18(14-21)5-6-19(23)15-25(29)30/h7-10,13-14,19H,5-6,11-12,15H2,1-4H3,(H,29,30)/t19-/m0/s1. The summed E-state index contributed by atoms with van der Waals surface area (Å²) in [5, 5.41) is 9.08. The van der Waals surface area contributed by atoms with Gasteiger partial charge in [0.1, 0.15) is 11.5 Å². The molecule has 1 atom stereocenters. The molecule has 0 amide bonds. The molecule has 6 nitrogen and oxygen atoms in total. The van der Waals surface area contributed by atoms with E-state index in [-0.39, 0.29) is 12.3 Å². The normalized spacial score (nSPS) is 14.9. The monoisotopic (exact) mass is 434 g/mol. The van der Waals surface area contributed by atoms with Gasteiger partial charge in [0.25, 0.3) is 0 Å². The molecule has 0 unspecified atom stereocenters. The van der Waals surface area contributed by atoms with Gasteiger partial charge in [0, 0.05) is 31.8 Å². The Balaban J connectivity index is 1.39. The van der Waals surface area contributed by atoms with Gasteiger partial charge < -0.3 is 19.2 Å². The second-order valence-corrected chi connectivity index (χ2v) is 8.71. The molecule has 0 saturated heterocycles. The molecule has 3 aromatic rings. The Kier molecular flexibility index (Phi) is 6.21. The van der Waals surface area contributed by atoms with E-state index in [2.05, 4.69) is 30.0 Å². The molecule has 168 valence electrons. The third-order valence-electron chi connectivity index (χ3n) is 6.19. The van der Waals surface area contributed by atoms with Gasteiger partial charge >= 0.3 is 5.97 Å². The zero-order valence-electron chi connectivity index (χ0n) is 19.1. The fourth-order valence-corrected chi connectivity index (χ4v) is 4.40. The number of fused-ring (bicyclic) bond motifs is 1. The van der Waals surface area contributed by atoms with Gasteiger partial charge in [-0.2, -0.15) is 0 Å². The minimum Gasteiger partial charge on any atom is -0.493 e. The van der Waals surface area contributed by atoms with E-state index in [4.69, 9.17) is 19.2 Å². The number of rotatable bonds is 8. The highest BCUT2D eigenvalue weighted by Gasteiger charge is 2.25. The number of oxazole rings is 1. The first kappa shape index (κ1) is 21.9. The lowest BCUT2D eigenvalue weighted by Crippen LogP contribution is -2.08. The Hall–Kier alpha value is -3.28. The third-order valence-corrected chi connectivity index (χ3v) is 6.19. The van der Waals surface area contributed by atoms with Crippen LogP contribution in [0.3, 0.4) is 0 Å². The van der Waals surface area contributed by atoms with Crippen molar-refractivity contribution in [1.29, 1.82) is 0 Å². The van der Waals surface area contributed by atoms with Crippen molar-refractivity contribution in [2.24, 2.45) is 0 Å². The van der Waals surface area contributed by atoms with Crippen LogP contribution in [0.25, 0.3) is 11.5 Å². The highest BCUT2D eigenvalue weighted by molar-refractivity contribution is 5.68. The first-order valence-corrected chi connectivity index (χ1v) is 11.0. The molecule has 1 aliphatic carbocycles. The number of carboxylic acid groups (broad SMARTS) is 1. The minimum atomic E-state index is -0.741. The van der Waals surface area contributed by atoms with Crippen molar-refractivity contribution in [3.63, 3.8) is 0 Å². The number of benzene rings is 2. The molecule has 0 bridgehead atoms. The van der Waals surface area contributed by atoms with Crippen molar-refractivity contribution >= 4 is 11.7 Å². The maximum absolute atomic E-state index is 11.0. The molecule has 0 radical (unpaired) electrons. The smallest absolute Gasteiger partial charge is 0.303 e. The van der Waals surface area contributed by atoms with E-state index in [1.807, 2.05) is 39.2 Å². The number of aryl methyl sites for hydroxylation is 3. The highest BCUT2D eigenvalue weighted by atomic mass is 16.5. The number of hydrogen-bond acceptors (Lipinski definition) is 5. The average molecular weight is 435 g/mol. The first-order valence-electron chi connectivity index (χ1n) is 11.0. The van der Waals surface area contributed by atoms with Gasteiger partial charge in [-0.3, -0.25) is 4.79 Å². The zero-order valence-corrected chi connectivity index (χ0v) is 19.1. The Labute approximate surface area is 188 Å². The largest absolute Gasteiger partial charge is 0.493 e. The number of anilines is 1. The van der Waals surface area contributed by atoms with Crippen molar-refractivity contribution in [1.82, 2.24) is 4.98 Å². The molecule has 1 heterocycles. The molecule has 0 fully saturated rings. The number of carbonyl (C=O) groups is 1. The molecule has 32 heavy (non-hydrogen) atoms. The van der Waals surface area contributed by atoms with Gasteiger partial charge in [-0.1, -0.05) is 6.07 Å². The molecule has 0 spiro atoms. The predicted octanol–water partition coefficient (Wildman–Crippen LogP) is 5.15. The molecule has 1 aromatic heterocycles. The van der Waals surface area contributed by atoms with Crippen LogP contribution in [0, 0.1) is 13.8 Å². The zero-order chi connectivity index (χ0) is 22.8. The maximum Gasteiger partial charge on any atom is 0.303 e. The fraction of sp³-hybridized carbons (Fsp3) is 0.385. The average Bonchev–Trinajstić information content (AvgIpc) is 3.30. The van der Waals surface area contributed by atoms with Gasteiger partial charge in [0.05, 0.1) is 18.7 Å². The maximum atomic E-state index is 11.0. The number of aliphatic carboxylic acids is 1. The van der Waals surface area contributed by atoms with E-state index in [0.29, 0.717) is 18.9 Å². The van der Waals surface area contributed by atoms with Crippen LogP contribution in [0.4, 0.5) is 5.69 Å². The Morgan fingerprint density at radius 1 is 1.22 bits per heavy atom. The second kappa shape index (κ2) is 9.07. The quantitative estimate of drug-likeness (QED) is 0.528. The van der Waals surface area contributed by atoms with E-state index < -0.39 is 5.97 Å². The first-order chi connectivity index (χ1) is 15.3. The van der Waals surface area contributed by atoms with Crippen molar-refractivity contribution in [3.05, 3.63) is 64.5 Å². The Morgan fingerprint density at radius 2 is 2.03 bits per heavy atom. The number of nitrogens with zero attached hydrogens (tertiary/aromatic N) is 2. The lowest BCUT2D eigenvalue weighted by atomic mass is 9.98. The second-order valence-electron chi connectivity index (χ2n) is 8.71. The van der Waals surface area contributed by atoms with Gasteiger partial charge in [-0.25, -0.2) is 4.98 Å². The summed E-state index contributed by atoms with van der Waals surface area (Å²) in [6, 6.07) is 12.3. The summed E-state index contributed by atoms with van der Waals surface area (Å²) in [6.07, 6.45) is 2.64. The number of aromatic nitrogens is 1. The van der Waals surface area contributed by atoms with Crippen LogP contribution >= 0.6 is 0 Å². The van der Waals surface area contributed by atoms with Crippen molar-refractivity contribution < 1.29 is 19.1 Å². The Morgan fingerprint density at radius 3 is 2.75 bits per heavy atom. The summed E-state index contributed by atoms with van der Waals surface area (Å²) in [7, 11) is 4.05. The summed E-state index contributed by atoms with van der Waals surface area (Å²) in [5.74, 6) is 1.64. The van der Waals surface area contributed by atoms with Gasteiger partial charge in [0.2, 0.25) is 5.89 Å². The predicted molar refractivity (Wildman–Crippen MR) is 125 cm³/mol. The van der Waals surface area contributed by atoms with Crippen LogP contribution < -0.4 is 9.64 Å². The number of carboxylic acids is 1. The molecule has 0 aliphatic heterocycles. The van der Waals surface area contributed by atoms with Crippen LogP contribution in [0.15, 0.2) is 40.8 Å². The van der Waals surface area contributed by atoms with Crippen LogP contribution in [0.5, 0.6) is 5.75 Å². The molecule has 1 aliphatic rings. The van der Waals surface area contributed by atoms with E-state index in [1.54, 1.807) is 0 Å². The molecular weight excluding hydrogens is 404 g/mol. The molecule has 6 heteroatoms. The van der Waals surface area contributed by atoms with E-state index in [1.165, 1.54) is 5.56 Å². The molecular formula is C26H30N2O4. The minimum absolute atomic E-state index is 0.114. The van der Waals surface area contributed by atoms with Crippen LogP contribution in [-0.2, 0) is 17.6 Å². The summed E-state index contributed by atoms with van der Waals surface area (Å²) in [4.78, 5) is 17.8. The number of ether oxygens (including phenoxy) is 1. The van der Waals surface area contributed by atoms with Crippen LogP contribution in [-0.4, -0.2) is 36.8 Å². The lowest BCUT2D eigenvalue weighted by molar-refractivity contribution is -0.137. The topological polar surface area (TPSA) is 75.8 Å². The van der Waals surface area contributed by atoms with Crippen molar-refractivity contribution in [3.8, 4) is 17.2 Å². The molecule has 2 aromatic carbocycles. The van der Waals surface area contributed by atoms with Crippen LogP contribution in [0.2, 0.25) is 0 Å². The summed E-state index contributed by atoms with van der Waals surface area (Å²) >= 11 is 0. The van der Waals surface area contributed by atoms with Gasteiger partial charge in [0.15, 0.2) is 0 Å². The number of hydrogen-bond donors (Lipinski definition) is 1. The van der Waals surface area contributed by atoms with Gasteiger partial charge in [-0.05, 0) is 79.6 Å². The third kappa shape index (κ3) is 4.64.